The summed E-state index contributed by atoms with van der Waals surface area (Å²) in [7, 11) is 0. The number of primary amides is 1. The van der Waals surface area contributed by atoms with Gasteiger partial charge in [0.25, 0.3) is 0 Å². The van der Waals surface area contributed by atoms with Crippen LogP contribution in [0, 0.1) is 11.1 Å². The van der Waals surface area contributed by atoms with E-state index in [2.05, 4.69) is 37.4 Å². The minimum Gasteiger partial charge on any atom is -0.634 e. The molecule has 2 rings (SSSR count). The number of hydrogen-bond acceptors (Lipinski definition) is 3. The molecule has 0 aromatic heterocycles. The predicted octanol–water partition coefficient (Wildman–Crippen LogP) is 1.46. The van der Waals surface area contributed by atoms with Crippen LogP contribution in [-0.4, -0.2) is 19.0 Å². The molecule has 24 heavy (non-hydrogen) atoms. The molecule has 0 saturated heterocycles. The van der Waals surface area contributed by atoms with E-state index in [0.29, 0.717) is 23.9 Å². The van der Waals surface area contributed by atoms with Crippen molar-refractivity contribution in [3.63, 3.8) is 0 Å². The van der Waals surface area contributed by atoms with Gasteiger partial charge in [0, 0.05) is 31.4 Å². The lowest BCUT2D eigenvalue weighted by Crippen LogP contribution is -3.08. The number of hydrogen-bond donors (Lipinski definition) is 3. The zero-order valence-corrected chi connectivity index (χ0v) is 14.9. The van der Waals surface area contributed by atoms with E-state index >= 15 is 0 Å². The number of amides is 1. The van der Waals surface area contributed by atoms with Crippen molar-refractivity contribution in [2.24, 2.45) is 11.7 Å². The summed E-state index contributed by atoms with van der Waals surface area (Å²) in [4.78, 5) is 10.8. The van der Waals surface area contributed by atoms with Gasteiger partial charge in [-0.1, -0.05) is 38.5 Å². The number of nitrogens with two attached hydrogens (primary N) is 1. The molecule has 3 atom stereocenters. The Kier molecular flexibility index (Phi) is 7.21. The molecule has 0 radical (unpaired) electrons. The van der Waals surface area contributed by atoms with Gasteiger partial charge >= 0.3 is 0 Å². The molecule has 0 saturated carbocycles. The number of rotatable bonds is 9. The first-order valence-electron chi connectivity index (χ1n) is 9.14. The van der Waals surface area contributed by atoms with Crippen molar-refractivity contribution < 1.29 is 9.86 Å². The van der Waals surface area contributed by atoms with Crippen LogP contribution in [0.4, 0.5) is 0 Å². The van der Waals surface area contributed by atoms with Crippen LogP contribution in [0.1, 0.15) is 62.3 Å². The van der Waals surface area contributed by atoms with Gasteiger partial charge in [-0.3, -0.25) is 4.79 Å². The molecule has 1 aromatic carbocycles. The topological polar surface area (TPSA) is 82.6 Å². The summed E-state index contributed by atoms with van der Waals surface area (Å²) in [6, 6.07) is 6.65. The van der Waals surface area contributed by atoms with E-state index in [4.69, 9.17) is 5.73 Å². The van der Waals surface area contributed by atoms with Gasteiger partial charge in [-0.15, -0.1) is 0 Å². The summed E-state index contributed by atoms with van der Waals surface area (Å²) < 4.78 is 0. The number of carbonyl (C=O) groups is 1. The van der Waals surface area contributed by atoms with Gasteiger partial charge in [0.05, 0.1) is 6.54 Å². The van der Waals surface area contributed by atoms with Crippen molar-refractivity contribution in [3.8, 4) is 0 Å². The van der Waals surface area contributed by atoms with E-state index < -0.39 is 0 Å². The Morgan fingerprint density at radius 2 is 2.29 bits per heavy atom. The monoisotopic (exact) mass is 333 g/mol. The van der Waals surface area contributed by atoms with E-state index in [-0.39, 0.29) is 11.9 Å². The van der Waals surface area contributed by atoms with Crippen LogP contribution in [0.15, 0.2) is 18.2 Å². The van der Waals surface area contributed by atoms with Crippen molar-refractivity contribution in [2.45, 2.75) is 58.5 Å². The zero-order valence-electron chi connectivity index (χ0n) is 14.9. The van der Waals surface area contributed by atoms with Gasteiger partial charge in [0.1, 0.15) is 6.04 Å². The molecule has 5 heteroatoms. The first-order valence-corrected chi connectivity index (χ1v) is 9.14. The third-order valence-corrected chi connectivity index (χ3v) is 4.90. The second-order valence-electron chi connectivity index (χ2n) is 7.08. The minimum atomic E-state index is -0.229. The molecule has 0 aliphatic carbocycles. The minimum absolute atomic E-state index is 0.106. The fourth-order valence-corrected chi connectivity index (χ4v) is 3.49. The maximum atomic E-state index is 12.1. The Morgan fingerprint density at radius 3 is 3.00 bits per heavy atom. The molecule has 0 spiro atoms. The number of carbonyl (C=O) groups excluding carboxylic acids is 1. The van der Waals surface area contributed by atoms with Crippen molar-refractivity contribution in [1.29, 1.82) is 0 Å². The Morgan fingerprint density at radius 1 is 1.50 bits per heavy atom. The van der Waals surface area contributed by atoms with Gasteiger partial charge in [-0.05, 0) is 30.0 Å². The number of fused-ring (bicyclic) bond motifs is 1. The fraction of sp³-hybridized carbons (Fsp3) is 0.632. The van der Waals surface area contributed by atoms with E-state index in [1.165, 1.54) is 16.7 Å². The SMILES string of the molecule is CCCC1c2ccc(CNCC(C)CCC(N)=O)cc2CC[NH+]1[O-]. The van der Waals surface area contributed by atoms with Gasteiger partial charge in [-0.25, -0.2) is 0 Å². The molecule has 4 N–H and O–H groups in total. The summed E-state index contributed by atoms with van der Waals surface area (Å²) in [5, 5.41) is 16.0. The van der Waals surface area contributed by atoms with Gasteiger partial charge in [0.15, 0.2) is 0 Å². The van der Waals surface area contributed by atoms with Crippen LogP contribution < -0.4 is 16.1 Å². The van der Waals surface area contributed by atoms with Crippen molar-refractivity contribution in [2.75, 3.05) is 13.1 Å². The Balaban J connectivity index is 1.88. The number of nitrogens with one attached hydrogen (secondary N) is 2. The molecule has 0 fully saturated rings. The second-order valence-corrected chi connectivity index (χ2v) is 7.08. The van der Waals surface area contributed by atoms with Crippen LogP contribution in [0.5, 0.6) is 0 Å². The first-order chi connectivity index (χ1) is 11.5. The van der Waals surface area contributed by atoms with Gasteiger partial charge in [-0.2, -0.15) is 0 Å². The molecule has 1 aliphatic rings. The summed E-state index contributed by atoms with van der Waals surface area (Å²) in [6.07, 6.45) is 4.16. The largest absolute Gasteiger partial charge is 0.634 e. The molecular formula is C19H31N3O2. The average Bonchev–Trinajstić information content (AvgIpc) is 2.55. The maximum absolute atomic E-state index is 12.1. The molecular weight excluding hydrogens is 302 g/mol. The molecule has 1 aromatic rings. The highest BCUT2D eigenvalue weighted by Crippen LogP contribution is 2.24. The zero-order chi connectivity index (χ0) is 17.5. The third kappa shape index (κ3) is 5.30. The maximum Gasteiger partial charge on any atom is 0.217 e. The highest BCUT2D eigenvalue weighted by Gasteiger charge is 2.25. The van der Waals surface area contributed by atoms with E-state index in [1.54, 1.807) is 0 Å². The van der Waals surface area contributed by atoms with Crippen LogP contribution in [0.2, 0.25) is 0 Å². The molecule has 5 nitrogen and oxygen atoms in total. The summed E-state index contributed by atoms with van der Waals surface area (Å²) >= 11 is 0. The Hall–Kier alpha value is -1.43. The third-order valence-electron chi connectivity index (χ3n) is 4.90. The van der Waals surface area contributed by atoms with Gasteiger partial charge < -0.3 is 21.3 Å². The highest BCUT2D eigenvalue weighted by atomic mass is 16.5. The Labute approximate surface area is 145 Å². The van der Waals surface area contributed by atoms with Crippen LogP contribution in [0.25, 0.3) is 0 Å². The molecule has 1 heterocycles. The predicted molar refractivity (Wildman–Crippen MR) is 96.3 cm³/mol. The number of benzene rings is 1. The lowest BCUT2D eigenvalue weighted by Gasteiger charge is -2.37. The Bertz CT molecular complexity index is 547. The molecule has 134 valence electrons. The van der Waals surface area contributed by atoms with Crippen LogP contribution in [0.3, 0.4) is 0 Å². The second kappa shape index (κ2) is 9.16. The number of hydroxylamine groups is 2. The van der Waals surface area contributed by atoms with Crippen molar-refractivity contribution in [1.82, 2.24) is 5.32 Å². The molecule has 0 bridgehead atoms. The molecule has 1 aliphatic heterocycles. The molecule has 1 amide bonds. The summed E-state index contributed by atoms with van der Waals surface area (Å²) in [5.41, 5.74) is 9.03. The smallest absolute Gasteiger partial charge is 0.217 e. The van der Waals surface area contributed by atoms with E-state index in [9.17, 15) is 10.0 Å². The highest BCUT2D eigenvalue weighted by molar-refractivity contribution is 5.73. The first kappa shape index (κ1) is 18.9. The van der Waals surface area contributed by atoms with Crippen LogP contribution in [-0.2, 0) is 17.8 Å². The quantitative estimate of drug-likeness (QED) is 0.598. The van der Waals surface area contributed by atoms with Crippen LogP contribution >= 0.6 is 0 Å². The fourth-order valence-electron chi connectivity index (χ4n) is 3.49. The van der Waals surface area contributed by atoms with E-state index in [1.807, 2.05) is 0 Å². The lowest BCUT2D eigenvalue weighted by molar-refractivity contribution is -0.885. The average molecular weight is 333 g/mol. The van der Waals surface area contributed by atoms with Crippen molar-refractivity contribution >= 4 is 5.91 Å². The van der Waals surface area contributed by atoms with E-state index in [0.717, 1.165) is 38.8 Å². The normalized spacial score (nSPS) is 21.3. The van der Waals surface area contributed by atoms with Crippen molar-refractivity contribution in [3.05, 3.63) is 40.1 Å². The standard InChI is InChI=1S/C19H31N3O2/c1-3-4-18-17-7-6-15(11-16(17)9-10-22(18)24)13-21-12-14(2)5-8-19(20)23/h6-7,11,14,18,21-22H,3-5,8-10,12-13H2,1-2H3,(H2,20,23). The summed E-state index contributed by atoms with van der Waals surface area (Å²) in [5.74, 6) is 0.203. The summed E-state index contributed by atoms with van der Waals surface area (Å²) in [6.45, 7) is 6.64. The number of quaternary nitrogens is 1. The van der Waals surface area contributed by atoms with Gasteiger partial charge in [0.2, 0.25) is 5.91 Å². The molecule has 3 unspecified atom stereocenters. The lowest BCUT2D eigenvalue weighted by atomic mass is 9.90.